The monoisotopic (exact) mass is 513 g/mol. The summed E-state index contributed by atoms with van der Waals surface area (Å²) >= 11 is 5.08. The van der Waals surface area contributed by atoms with Crippen molar-refractivity contribution in [3.63, 3.8) is 0 Å². The summed E-state index contributed by atoms with van der Waals surface area (Å²) in [6.45, 7) is 1.44. The molecule has 0 aliphatic carbocycles. The Hall–Kier alpha value is -2.30. The maximum Gasteiger partial charge on any atom is 0.423 e. The highest BCUT2D eigenvalue weighted by atomic mass is 79.9. The Morgan fingerprint density at radius 2 is 1.84 bits per heavy atom. The molecule has 0 spiro atoms. The van der Waals surface area contributed by atoms with E-state index in [1.807, 2.05) is 18.2 Å². The zero-order valence-electron chi connectivity index (χ0n) is 16.1. The second-order valence-electron chi connectivity index (χ2n) is 7.10. The van der Waals surface area contributed by atoms with Gasteiger partial charge in [-0.3, -0.25) is 0 Å². The summed E-state index contributed by atoms with van der Waals surface area (Å²) < 4.78 is 56.2. The first-order valence-electron chi connectivity index (χ1n) is 9.29. The summed E-state index contributed by atoms with van der Waals surface area (Å²) in [5.74, 6) is -0.311. The second-order valence-corrected chi connectivity index (χ2v) is 9.47. The van der Waals surface area contributed by atoms with Gasteiger partial charge in [-0.1, -0.05) is 36.4 Å². The van der Waals surface area contributed by atoms with Gasteiger partial charge in [-0.05, 0) is 51.7 Å². The van der Waals surface area contributed by atoms with Gasteiger partial charge in [0, 0.05) is 15.6 Å². The Bertz CT molecular complexity index is 1240. The van der Waals surface area contributed by atoms with Crippen LogP contribution in [0, 0.1) is 5.82 Å². The fourth-order valence-corrected chi connectivity index (χ4v) is 5.35. The molecule has 0 aliphatic heterocycles. The Balaban J connectivity index is 1.64. The van der Waals surface area contributed by atoms with E-state index >= 15 is 0 Å². The highest BCUT2D eigenvalue weighted by Gasteiger charge is 2.55. The van der Waals surface area contributed by atoms with Crippen LogP contribution < -0.4 is 0 Å². The molecule has 1 N–H and O–H groups in total. The first kappa shape index (κ1) is 21.9. The van der Waals surface area contributed by atoms with Crippen molar-refractivity contribution >= 4 is 37.4 Å². The fraction of sp³-hybridized carbons (Fsp3) is 0.238. The largest absolute Gasteiger partial charge is 0.423 e. The molecule has 4 rings (SSSR count). The summed E-state index contributed by atoms with van der Waals surface area (Å²) in [6, 6.07) is 11.9. The summed E-state index contributed by atoms with van der Waals surface area (Å²) in [5.41, 5.74) is -0.916. The number of aromatic nitrogens is 3. The van der Waals surface area contributed by atoms with Crippen LogP contribution in [0.1, 0.15) is 24.6 Å². The molecule has 10 heteroatoms. The molecule has 2 aromatic heterocycles. The van der Waals surface area contributed by atoms with Crippen LogP contribution >= 0.6 is 27.3 Å². The van der Waals surface area contributed by atoms with E-state index in [1.165, 1.54) is 35.1 Å². The van der Waals surface area contributed by atoms with Crippen LogP contribution in [-0.4, -0.2) is 26.3 Å². The van der Waals surface area contributed by atoms with Crippen molar-refractivity contribution in [2.24, 2.45) is 0 Å². The smallest absolute Gasteiger partial charge is 0.375 e. The van der Waals surface area contributed by atoms with E-state index in [0.29, 0.717) is 0 Å². The number of hydrogen-bond acceptors (Lipinski definition) is 4. The predicted octanol–water partition coefficient (Wildman–Crippen LogP) is 6.27. The van der Waals surface area contributed by atoms with E-state index in [2.05, 4.69) is 26.2 Å². The van der Waals surface area contributed by atoms with Gasteiger partial charge < -0.3 is 5.11 Å². The number of aliphatic hydroxyl groups is 1. The van der Waals surface area contributed by atoms with Crippen LogP contribution in [0.15, 0.2) is 52.4 Å². The number of rotatable bonds is 5. The molecule has 4 aromatic rings. The van der Waals surface area contributed by atoms with Crippen molar-refractivity contribution < 1.29 is 22.7 Å². The lowest BCUT2D eigenvalue weighted by molar-refractivity contribution is -0.269. The minimum atomic E-state index is -4.85. The standard InChI is InChI=1S/C21H16BrF4N3OS/c1-2-20(30,21(24,25)26)17-11-29(28-27-17)10-12-3-8-15-16(9-12)31-19(22)18(15)13-4-6-14(23)7-5-13/h3-9,11,30H,2,10H2,1H3. The maximum absolute atomic E-state index is 13.3. The summed E-state index contributed by atoms with van der Waals surface area (Å²) in [4.78, 5) is 0. The molecule has 0 bridgehead atoms. The topological polar surface area (TPSA) is 50.9 Å². The zero-order chi connectivity index (χ0) is 22.4. The van der Waals surface area contributed by atoms with Gasteiger partial charge in [-0.15, -0.1) is 16.4 Å². The van der Waals surface area contributed by atoms with Crippen LogP contribution in [-0.2, 0) is 12.1 Å². The molecule has 31 heavy (non-hydrogen) atoms. The third-order valence-electron chi connectivity index (χ3n) is 5.13. The number of benzene rings is 2. The first-order chi connectivity index (χ1) is 14.6. The number of fused-ring (bicyclic) bond motifs is 1. The van der Waals surface area contributed by atoms with Gasteiger partial charge in [-0.2, -0.15) is 13.2 Å². The van der Waals surface area contributed by atoms with E-state index in [-0.39, 0.29) is 12.4 Å². The lowest BCUT2D eigenvalue weighted by Gasteiger charge is -2.26. The van der Waals surface area contributed by atoms with Crippen molar-refractivity contribution in [1.82, 2.24) is 15.0 Å². The number of hydrogen-bond donors (Lipinski definition) is 1. The van der Waals surface area contributed by atoms with Crippen molar-refractivity contribution in [3.05, 3.63) is 69.5 Å². The van der Waals surface area contributed by atoms with Crippen LogP contribution in [0.4, 0.5) is 17.6 Å². The number of alkyl halides is 3. The molecule has 1 atom stereocenters. The molecule has 0 saturated carbocycles. The molecule has 162 valence electrons. The first-order valence-corrected chi connectivity index (χ1v) is 10.9. The molecule has 0 fully saturated rings. The van der Waals surface area contributed by atoms with Gasteiger partial charge >= 0.3 is 6.18 Å². The SMILES string of the molecule is CCC(O)(c1cn(Cc2ccc3c(-c4ccc(F)cc4)c(Br)sc3c2)nn1)C(F)(F)F. The Kier molecular flexibility index (Phi) is 5.65. The molecular formula is C21H16BrF4N3OS. The van der Waals surface area contributed by atoms with Gasteiger partial charge in [0.1, 0.15) is 11.5 Å². The molecule has 1 unspecified atom stereocenters. The van der Waals surface area contributed by atoms with Crippen molar-refractivity contribution in [1.29, 1.82) is 0 Å². The number of thiophene rings is 1. The van der Waals surface area contributed by atoms with Gasteiger partial charge in [0.15, 0.2) is 0 Å². The van der Waals surface area contributed by atoms with E-state index in [0.717, 1.165) is 36.8 Å². The second kappa shape index (κ2) is 7.99. The molecule has 0 saturated heterocycles. The van der Waals surface area contributed by atoms with Crippen LogP contribution in [0.5, 0.6) is 0 Å². The fourth-order valence-electron chi connectivity index (χ4n) is 3.37. The van der Waals surface area contributed by atoms with E-state index < -0.39 is 23.9 Å². The van der Waals surface area contributed by atoms with Gasteiger partial charge in [0.05, 0.1) is 16.5 Å². The Labute approximate surface area is 187 Å². The van der Waals surface area contributed by atoms with E-state index in [1.54, 1.807) is 12.1 Å². The number of nitrogens with zero attached hydrogens (tertiary/aromatic N) is 3. The molecule has 2 heterocycles. The minimum Gasteiger partial charge on any atom is -0.375 e. The average Bonchev–Trinajstić information content (AvgIpc) is 3.31. The Morgan fingerprint density at radius 1 is 1.13 bits per heavy atom. The maximum atomic E-state index is 13.3. The summed E-state index contributed by atoms with van der Waals surface area (Å²) in [5, 5.41) is 18.3. The van der Waals surface area contributed by atoms with Gasteiger partial charge in [0.2, 0.25) is 5.60 Å². The molecule has 0 radical (unpaired) electrons. The molecule has 2 aromatic carbocycles. The lowest BCUT2D eigenvalue weighted by Crippen LogP contribution is -2.42. The van der Waals surface area contributed by atoms with Crippen LogP contribution in [0.3, 0.4) is 0 Å². The predicted molar refractivity (Wildman–Crippen MR) is 114 cm³/mol. The van der Waals surface area contributed by atoms with E-state index in [9.17, 15) is 22.7 Å². The number of halogens is 5. The molecule has 0 amide bonds. The average molecular weight is 514 g/mol. The van der Waals surface area contributed by atoms with Gasteiger partial charge in [-0.25, -0.2) is 9.07 Å². The molecule has 4 nitrogen and oxygen atoms in total. The normalized spacial score (nSPS) is 14.2. The van der Waals surface area contributed by atoms with Crippen LogP contribution in [0.25, 0.3) is 21.2 Å². The van der Waals surface area contributed by atoms with Crippen molar-refractivity contribution in [2.45, 2.75) is 31.7 Å². The Morgan fingerprint density at radius 3 is 2.48 bits per heavy atom. The quantitative estimate of drug-likeness (QED) is 0.320. The minimum absolute atomic E-state index is 0.196. The highest BCUT2D eigenvalue weighted by Crippen LogP contribution is 2.43. The summed E-state index contributed by atoms with van der Waals surface area (Å²) in [6.07, 6.45) is -4.28. The molecule has 0 aliphatic rings. The van der Waals surface area contributed by atoms with Crippen molar-refractivity contribution in [3.8, 4) is 11.1 Å². The summed E-state index contributed by atoms with van der Waals surface area (Å²) in [7, 11) is 0. The van der Waals surface area contributed by atoms with Crippen molar-refractivity contribution in [2.75, 3.05) is 0 Å². The van der Waals surface area contributed by atoms with Crippen LogP contribution in [0.2, 0.25) is 0 Å². The third kappa shape index (κ3) is 3.99. The zero-order valence-corrected chi connectivity index (χ0v) is 18.5. The molecular weight excluding hydrogens is 498 g/mol. The van der Waals surface area contributed by atoms with Gasteiger partial charge in [0.25, 0.3) is 0 Å². The highest BCUT2D eigenvalue weighted by molar-refractivity contribution is 9.11. The third-order valence-corrected chi connectivity index (χ3v) is 6.96. The van der Waals surface area contributed by atoms with E-state index in [4.69, 9.17) is 0 Å². The lowest BCUT2D eigenvalue weighted by atomic mass is 9.96.